The average Bonchev–Trinajstić information content (AvgIpc) is 1.60. The summed E-state index contributed by atoms with van der Waals surface area (Å²) in [4.78, 5) is 4.86. The molecule has 0 atom stereocenters. The third kappa shape index (κ3) is 7.68. The standard InChI is InChI=1S/C72H54N4O/c1-46-19-16-20-47(2)68(46)62-36-38-65-71-69(62)60-30-15-14-28-57(60)56-27-12-13-29-58(56)61-32-18-31-55(49-23-10-7-11-24-49)70(61)75(71)45-74(65)52-25-17-26-53(43-52)77-54-34-35-59-63-41-50(48-21-8-6-9-22-48)33-37-64(63)76(66(59)44-54)67-42-51(39-40-73-67)72(3,4)5/h6-44H,1-5H3/i1D3,2D3,6D,7D,8D,9D,10D,11D,12D,13D,21D,22D,23D,24D,27D,29D. The fraction of sp³-hybridized carbons (Fsp3) is 0.0833. The van der Waals surface area contributed by atoms with E-state index in [1.807, 2.05) is 34.9 Å². The van der Waals surface area contributed by atoms with E-state index in [0.29, 0.717) is 50.5 Å². The molecular weight excluding hydrogens is 937 g/mol. The van der Waals surface area contributed by atoms with Crippen LogP contribution < -0.4 is 9.30 Å². The Kier molecular flexibility index (Phi) is 6.92. The van der Waals surface area contributed by atoms with Crippen molar-refractivity contribution < 1.29 is 36.7 Å². The van der Waals surface area contributed by atoms with Crippen molar-refractivity contribution in [2.24, 2.45) is 0 Å². The number of hydrogen-bond donors (Lipinski definition) is 0. The molecule has 0 bridgehead atoms. The first-order valence-electron chi connectivity index (χ1n) is 34.9. The molecule has 0 unspecified atom stereocenters. The maximum Gasteiger partial charge on any atom is 0.269 e. The number of nitrogens with zero attached hydrogens (tertiary/aromatic N) is 4. The summed E-state index contributed by atoms with van der Waals surface area (Å²) in [5, 5.41) is 1.42. The van der Waals surface area contributed by atoms with Gasteiger partial charge in [-0.3, -0.25) is 13.7 Å². The highest BCUT2D eigenvalue weighted by Gasteiger charge is 2.29. The van der Waals surface area contributed by atoms with Crippen molar-refractivity contribution >= 4 is 32.8 Å². The Hall–Kier alpha value is -9.58. The second-order valence-corrected chi connectivity index (χ2v) is 19.9. The van der Waals surface area contributed by atoms with Crippen molar-refractivity contribution in [2.45, 2.75) is 39.9 Å². The number of benzene rings is 10. The van der Waals surface area contributed by atoms with Gasteiger partial charge in [-0.25, -0.2) is 4.98 Å². The molecule has 1 aliphatic heterocycles. The maximum atomic E-state index is 9.80. The van der Waals surface area contributed by atoms with E-state index in [4.69, 9.17) is 30.3 Å². The minimum absolute atomic E-state index is 0.000932. The van der Waals surface area contributed by atoms with Gasteiger partial charge in [0.05, 0.1) is 52.6 Å². The molecule has 368 valence electrons. The van der Waals surface area contributed by atoms with Gasteiger partial charge in [-0.05, 0) is 157 Å². The van der Waals surface area contributed by atoms with Gasteiger partial charge >= 0.3 is 0 Å². The van der Waals surface area contributed by atoms with Crippen molar-refractivity contribution in [1.82, 2.24) is 14.1 Å². The minimum atomic E-state index is -2.91. The Morgan fingerprint density at radius 3 is 1.96 bits per heavy atom. The zero-order chi connectivity index (χ0) is 69.1. The molecule has 10 aromatic carbocycles. The van der Waals surface area contributed by atoms with Crippen LogP contribution in [-0.2, 0) is 5.41 Å². The van der Waals surface area contributed by atoms with Gasteiger partial charge in [0.1, 0.15) is 17.3 Å². The smallest absolute Gasteiger partial charge is 0.269 e. The van der Waals surface area contributed by atoms with Crippen LogP contribution in [0.4, 0.5) is 0 Å². The summed E-state index contributed by atoms with van der Waals surface area (Å²) >= 11 is 0. The van der Waals surface area contributed by atoms with Crippen LogP contribution in [-0.4, -0.2) is 14.1 Å². The average molecular weight is 1010 g/mol. The molecule has 1 aliphatic rings. The molecule has 0 N–H and O–H groups in total. The molecule has 0 amide bonds. The van der Waals surface area contributed by atoms with Crippen LogP contribution >= 0.6 is 0 Å². The van der Waals surface area contributed by atoms with Crippen molar-refractivity contribution in [3.8, 4) is 95.5 Å². The number of imidazole rings is 1. The number of aromatic nitrogens is 4. The van der Waals surface area contributed by atoms with Gasteiger partial charge in [0.15, 0.2) is 0 Å². The van der Waals surface area contributed by atoms with Crippen LogP contribution in [0.15, 0.2) is 236 Å². The Bertz CT molecular complexity index is 5500. The fourth-order valence-corrected chi connectivity index (χ4v) is 10.8. The topological polar surface area (TPSA) is 35.9 Å². The SMILES string of the molecule is [2H]c1c([2H])c([2H])c(-c2ccc3c(c2)c2ccc(Oc4cccc(-n5[c-][n+]6c7c(c(-c8c(C([2H])([2H])[2H])cccc8C([2H])([2H])[2H])ccc75)-c5ccccc5-c5c([2H])c([2H])c([2H])c([2H])c5-c5cccc(-c7c([2H])c([2H])c([2H])c([2H])c7[2H])c5-6)c4)cc2n3-c2cc(C(C)(C)C)ccn2)c([2H])c1[2H]. The van der Waals surface area contributed by atoms with E-state index in [0.717, 1.165) is 10.9 Å². The Labute approximate surface area is 477 Å². The van der Waals surface area contributed by atoms with Gasteiger partial charge in [-0.2, -0.15) is 0 Å². The summed E-state index contributed by atoms with van der Waals surface area (Å²) in [5.41, 5.74) is 3.35. The highest BCUT2D eigenvalue weighted by Crippen LogP contribution is 2.49. The molecule has 0 saturated carbocycles. The molecule has 5 nitrogen and oxygen atoms in total. The van der Waals surface area contributed by atoms with E-state index in [1.54, 1.807) is 106 Å². The molecule has 0 saturated heterocycles. The van der Waals surface area contributed by atoms with Crippen LogP contribution in [0.25, 0.3) is 117 Å². The number of fused-ring (bicyclic) bond motifs is 10. The molecule has 13 aromatic rings. The molecule has 0 radical (unpaired) electrons. The second kappa shape index (κ2) is 18.1. The van der Waals surface area contributed by atoms with Crippen LogP contribution in [0.1, 0.15) is 64.9 Å². The lowest BCUT2D eigenvalue weighted by molar-refractivity contribution is -0.570. The molecule has 4 heterocycles. The first-order valence-corrected chi connectivity index (χ1v) is 24.9. The van der Waals surface area contributed by atoms with Gasteiger partial charge in [0, 0.05) is 31.3 Å². The molecule has 14 rings (SSSR count). The number of para-hydroxylation sites is 1. The van der Waals surface area contributed by atoms with Crippen molar-refractivity contribution in [3.05, 3.63) is 259 Å². The van der Waals surface area contributed by atoms with Crippen LogP contribution in [0.3, 0.4) is 0 Å². The van der Waals surface area contributed by atoms with E-state index in [2.05, 4.69) is 27.1 Å². The van der Waals surface area contributed by atoms with Crippen LogP contribution in [0.5, 0.6) is 11.5 Å². The Morgan fingerprint density at radius 1 is 0.506 bits per heavy atom. The van der Waals surface area contributed by atoms with Crippen molar-refractivity contribution in [3.63, 3.8) is 0 Å². The Morgan fingerprint density at radius 2 is 1.18 bits per heavy atom. The predicted octanol–water partition coefficient (Wildman–Crippen LogP) is 18.2. The highest BCUT2D eigenvalue weighted by atomic mass is 16.5. The van der Waals surface area contributed by atoms with E-state index >= 15 is 0 Å². The van der Waals surface area contributed by atoms with Gasteiger partial charge < -0.3 is 4.74 Å². The van der Waals surface area contributed by atoms with Crippen LogP contribution in [0, 0.1) is 20.0 Å². The lowest BCUT2D eigenvalue weighted by Crippen LogP contribution is -2.32. The number of rotatable bonds is 7. The van der Waals surface area contributed by atoms with Gasteiger partial charge in [-0.1, -0.05) is 190 Å². The van der Waals surface area contributed by atoms with Crippen molar-refractivity contribution in [1.29, 1.82) is 0 Å². The monoisotopic (exact) mass is 1010 g/mol. The predicted molar refractivity (Wildman–Crippen MR) is 317 cm³/mol. The van der Waals surface area contributed by atoms with E-state index in [9.17, 15) is 6.85 Å². The van der Waals surface area contributed by atoms with Gasteiger partial charge in [0.2, 0.25) is 0 Å². The Balaban J connectivity index is 1.05. The molecule has 0 aliphatic carbocycles. The summed E-state index contributed by atoms with van der Waals surface area (Å²) in [7, 11) is 0. The second-order valence-electron chi connectivity index (χ2n) is 19.9. The number of ether oxygens (including phenoxy) is 1. The largest absolute Gasteiger partial charge is 0.458 e. The highest BCUT2D eigenvalue weighted by molar-refractivity contribution is 6.11. The normalized spacial score (nSPS) is 16.0. The summed E-state index contributed by atoms with van der Waals surface area (Å²) in [5.74, 6) is 1.25. The van der Waals surface area contributed by atoms with Crippen LogP contribution in [0.2, 0.25) is 0 Å². The lowest BCUT2D eigenvalue weighted by atomic mass is 9.84. The van der Waals surface area contributed by atoms with E-state index in [1.165, 1.54) is 24.3 Å². The minimum Gasteiger partial charge on any atom is -0.458 e. The molecule has 5 heteroatoms. The third-order valence-corrected chi connectivity index (χ3v) is 14.3. The summed E-state index contributed by atoms with van der Waals surface area (Å²) in [6.07, 6.45) is 5.27. The summed E-state index contributed by atoms with van der Waals surface area (Å²) in [6, 6.07) is 33.2. The fourth-order valence-electron chi connectivity index (χ4n) is 10.8. The first-order chi connectivity index (χ1) is 45.9. The zero-order valence-electron chi connectivity index (χ0n) is 61.6. The van der Waals surface area contributed by atoms with Crippen molar-refractivity contribution in [2.75, 3.05) is 0 Å². The van der Waals surface area contributed by atoms with E-state index < -0.39 is 86.2 Å². The number of aryl methyl sites for hydroxylation is 2. The molecule has 77 heavy (non-hydrogen) atoms. The van der Waals surface area contributed by atoms with E-state index in [-0.39, 0.29) is 101 Å². The first kappa shape index (κ1) is 29.5. The zero-order valence-corrected chi connectivity index (χ0v) is 41.6. The number of hydrogen-bond acceptors (Lipinski definition) is 2. The third-order valence-electron chi connectivity index (χ3n) is 14.3. The lowest BCUT2D eigenvalue weighted by Gasteiger charge is -2.20. The quantitative estimate of drug-likeness (QED) is 0.118. The molecule has 3 aromatic heterocycles. The molecular formula is C72H54N4O. The number of pyridine rings is 1. The summed E-state index contributed by atoms with van der Waals surface area (Å²) in [6.45, 7) is 0.465. The molecule has 0 fully saturated rings. The molecule has 0 spiro atoms. The summed E-state index contributed by atoms with van der Waals surface area (Å²) < 4.78 is 192. The maximum absolute atomic E-state index is 9.80. The van der Waals surface area contributed by atoms with Gasteiger partial charge in [0.25, 0.3) is 6.33 Å². The van der Waals surface area contributed by atoms with Gasteiger partial charge in [-0.15, -0.1) is 0 Å².